The molecule has 1 aromatic carbocycles. The molecule has 4 nitrogen and oxygen atoms in total. The minimum Gasteiger partial charge on any atom is -0.478 e. The average Bonchev–Trinajstić information content (AvgIpc) is 2.26. The highest BCUT2D eigenvalue weighted by Crippen LogP contribution is 2.15. The summed E-state index contributed by atoms with van der Waals surface area (Å²) in [5, 5.41) is 11.3. The van der Waals surface area contributed by atoms with Gasteiger partial charge >= 0.3 is 5.97 Å². The maximum Gasteiger partial charge on any atom is 0.328 e. The van der Waals surface area contributed by atoms with Gasteiger partial charge in [-0.05, 0) is 30.2 Å². The van der Waals surface area contributed by atoms with E-state index in [0.717, 1.165) is 17.2 Å². The third-order valence-electron chi connectivity index (χ3n) is 2.25. The lowest BCUT2D eigenvalue weighted by atomic mass is 10.0. The van der Waals surface area contributed by atoms with Gasteiger partial charge in [0.15, 0.2) is 0 Å². The van der Waals surface area contributed by atoms with E-state index in [0.29, 0.717) is 0 Å². The lowest BCUT2D eigenvalue weighted by Crippen LogP contribution is -2.23. The Morgan fingerprint density at radius 1 is 1.41 bits per heavy atom. The van der Waals surface area contributed by atoms with Crippen LogP contribution in [0.25, 0.3) is 6.08 Å². The number of hydrogen-bond donors (Lipinski definition) is 2. The van der Waals surface area contributed by atoms with E-state index < -0.39 is 5.97 Å². The van der Waals surface area contributed by atoms with Gasteiger partial charge in [0.1, 0.15) is 0 Å². The van der Waals surface area contributed by atoms with Gasteiger partial charge in [-0.3, -0.25) is 4.79 Å². The second kappa shape index (κ2) is 5.84. The van der Waals surface area contributed by atoms with Crippen molar-refractivity contribution in [1.29, 1.82) is 0 Å². The average molecular weight is 233 g/mol. The summed E-state index contributed by atoms with van der Waals surface area (Å²) in [7, 11) is 0. The fourth-order valence-electron chi connectivity index (χ4n) is 1.49. The third-order valence-corrected chi connectivity index (χ3v) is 2.25. The summed E-state index contributed by atoms with van der Waals surface area (Å²) >= 11 is 0. The molecule has 0 spiro atoms. The van der Waals surface area contributed by atoms with Crippen LogP contribution in [0, 0.1) is 0 Å². The maximum absolute atomic E-state index is 10.9. The van der Waals surface area contributed by atoms with E-state index >= 15 is 0 Å². The minimum atomic E-state index is -0.981. The van der Waals surface area contributed by atoms with Crippen LogP contribution in [0.2, 0.25) is 0 Å². The van der Waals surface area contributed by atoms with Crippen molar-refractivity contribution in [2.24, 2.45) is 0 Å². The summed E-state index contributed by atoms with van der Waals surface area (Å²) in [6, 6.07) is 7.28. The van der Waals surface area contributed by atoms with Crippen molar-refractivity contribution >= 4 is 18.0 Å². The number of carbonyl (C=O) groups excluding carboxylic acids is 1. The first kappa shape index (κ1) is 13.0. The first-order chi connectivity index (χ1) is 7.99. The first-order valence-electron chi connectivity index (χ1n) is 5.27. The molecule has 17 heavy (non-hydrogen) atoms. The number of carbonyl (C=O) groups is 2. The Balaban J connectivity index is 2.85. The molecule has 0 fully saturated rings. The van der Waals surface area contributed by atoms with Crippen LogP contribution in [0.15, 0.2) is 30.3 Å². The predicted molar refractivity (Wildman–Crippen MR) is 65.3 cm³/mol. The van der Waals surface area contributed by atoms with E-state index in [1.807, 2.05) is 31.2 Å². The number of nitrogens with one attached hydrogen (secondary N) is 1. The van der Waals surface area contributed by atoms with E-state index in [4.69, 9.17) is 5.11 Å². The molecule has 4 heteroatoms. The van der Waals surface area contributed by atoms with E-state index in [2.05, 4.69) is 5.32 Å². The molecule has 0 saturated carbocycles. The molecule has 0 aliphatic carbocycles. The van der Waals surface area contributed by atoms with Gasteiger partial charge in [-0.25, -0.2) is 4.79 Å². The first-order valence-corrected chi connectivity index (χ1v) is 5.27. The monoisotopic (exact) mass is 233 g/mol. The van der Waals surface area contributed by atoms with Gasteiger partial charge in [-0.15, -0.1) is 0 Å². The lowest BCUT2D eigenvalue weighted by molar-refractivity contribution is -0.131. The summed E-state index contributed by atoms with van der Waals surface area (Å²) in [6.07, 6.45) is 2.61. The van der Waals surface area contributed by atoms with Gasteiger partial charge in [0.2, 0.25) is 5.91 Å². The third kappa shape index (κ3) is 4.51. The Bertz CT molecular complexity index is 452. The van der Waals surface area contributed by atoms with Crippen LogP contribution < -0.4 is 5.32 Å². The number of rotatable bonds is 4. The Kier molecular flexibility index (Phi) is 4.46. The molecule has 1 atom stereocenters. The van der Waals surface area contributed by atoms with Crippen LogP contribution in [-0.4, -0.2) is 17.0 Å². The van der Waals surface area contributed by atoms with Crippen molar-refractivity contribution < 1.29 is 14.7 Å². The van der Waals surface area contributed by atoms with E-state index in [9.17, 15) is 9.59 Å². The molecule has 0 heterocycles. The largest absolute Gasteiger partial charge is 0.478 e. The van der Waals surface area contributed by atoms with Gasteiger partial charge in [-0.2, -0.15) is 0 Å². The summed E-state index contributed by atoms with van der Waals surface area (Å²) < 4.78 is 0. The minimum absolute atomic E-state index is 0.0920. The van der Waals surface area contributed by atoms with Gasteiger partial charge in [0, 0.05) is 13.0 Å². The summed E-state index contributed by atoms with van der Waals surface area (Å²) in [6.45, 7) is 3.34. The van der Waals surface area contributed by atoms with Crippen LogP contribution in [0.4, 0.5) is 0 Å². The molecule has 0 aromatic heterocycles. The Morgan fingerprint density at radius 2 is 2.12 bits per heavy atom. The zero-order valence-corrected chi connectivity index (χ0v) is 9.81. The highest BCUT2D eigenvalue weighted by atomic mass is 16.4. The molecule has 1 amide bonds. The quantitative estimate of drug-likeness (QED) is 0.781. The number of hydrogen-bond acceptors (Lipinski definition) is 2. The van der Waals surface area contributed by atoms with Crippen molar-refractivity contribution in [3.05, 3.63) is 41.5 Å². The van der Waals surface area contributed by atoms with E-state index in [-0.39, 0.29) is 11.9 Å². The van der Waals surface area contributed by atoms with E-state index in [1.54, 1.807) is 0 Å². The molecule has 1 aromatic rings. The number of aliphatic carboxylic acids is 1. The Labute approximate surface area is 100.0 Å². The smallest absolute Gasteiger partial charge is 0.328 e. The molecular formula is C13H15NO3. The van der Waals surface area contributed by atoms with Crippen molar-refractivity contribution in [3.63, 3.8) is 0 Å². The fraction of sp³-hybridized carbons (Fsp3) is 0.231. The molecule has 0 aliphatic rings. The molecule has 0 radical (unpaired) electrons. The molecule has 2 N–H and O–H groups in total. The van der Waals surface area contributed by atoms with Gasteiger partial charge in [0.25, 0.3) is 0 Å². The standard InChI is InChI=1S/C13H15NO3/c1-9(14-10(2)15)12-5-3-4-11(8-12)6-7-13(16)17/h3-9H,1-2H3,(H,14,15)(H,16,17). The van der Waals surface area contributed by atoms with Crippen molar-refractivity contribution in [2.75, 3.05) is 0 Å². The topological polar surface area (TPSA) is 66.4 Å². The lowest BCUT2D eigenvalue weighted by Gasteiger charge is -2.13. The van der Waals surface area contributed by atoms with Crippen LogP contribution in [0.1, 0.15) is 31.0 Å². The van der Waals surface area contributed by atoms with Crippen LogP contribution in [0.5, 0.6) is 0 Å². The molecule has 1 rings (SSSR count). The van der Waals surface area contributed by atoms with Gasteiger partial charge < -0.3 is 10.4 Å². The number of carboxylic acid groups (broad SMARTS) is 1. The van der Waals surface area contributed by atoms with Crippen molar-refractivity contribution in [1.82, 2.24) is 5.32 Å². The fourth-order valence-corrected chi connectivity index (χ4v) is 1.49. The number of carboxylic acids is 1. The zero-order chi connectivity index (χ0) is 12.8. The van der Waals surface area contributed by atoms with Crippen molar-refractivity contribution in [2.45, 2.75) is 19.9 Å². The summed E-state index contributed by atoms with van der Waals surface area (Å²) in [5.41, 5.74) is 1.73. The molecule has 0 bridgehead atoms. The summed E-state index contributed by atoms with van der Waals surface area (Å²) in [5.74, 6) is -1.07. The van der Waals surface area contributed by atoms with Crippen molar-refractivity contribution in [3.8, 4) is 0 Å². The number of amides is 1. The van der Waals surface area contributed by atoms with E-state index in [1.165, 1.54) is 13.0 Å². The van der Waals surface area contributed by atoms with Crippen LogP contribution >= 0.6 is 0 Å². The normalized spacial score (nSPS) is 12.4. The second-order valence-electron chi connectivity index (χ2n) is 3.76. The van der Waals surface area contributed by atoms with Crippen LogP contribution in [-0.2, 0) is 9.59 Å². The molecular weight excluding hydrogens is 218 g/mol. The highest BCUT2D eigenvalue weighted by Gasteiger charge is 2.06. The van der Waals surface area contributed by atoms with Gasteiger partial charge in [0.05, 0.1) is 6.04 Å². The SMILES string of the molecule is CC(=O)NC(C)c1cccc(C=CC(=O)O)c1. The Hall–Kier alpha value is -2.10. The molecule has 0 aliphatic heterocycles. The predicted octanol–water partition coefficient (Wildman–Crippen LogP) is 1.98. The second-order valence-corrected chi connectivity index (χ2v) is 3.76. The molecule has 1 unspecified atom stereocenters. The Morgan fingerprint density at radius 3 is 2.71 bits per heavy atom. The van der Waals surface area contributed by atoms with Crippen LogP contribution in [0.3, 0.4) is 0 Å². The highest BCUT2D eigenvalue weighted by molar-refractivity contribution is 5.85. The zero-order valence-electron chi connectivity index (χ0n) is 9.81. The molecule has 0 saturated heterocycles. The number of benzene rings is 1. The maximum atomic E-state index is 10.9. The summed E-state index contributed by atoms with van der Waals surface area (Å²) in [4.78, 5) is 21.3. The molecule has 90 valence electrons. The van der Waals surface area contributed by atoms with Gasteiger partial charge in [-0.1, -0.05) is 18.2 Å².